The standard InChI is InChI=1S/C13H26O3/c1-9(2)13(16-12(15)11(4)14)7-5-6-10(3)8-13/h9-12,14-15H,5-8H2,1-4H3. The topological polar surface area (TPSA) is 49.7 Å². The lowest BCUT2D eigenvalue weighted by Gasteiger charge is -2.44. The quantitative estimate of drug-likeness (QED) is 0.729. The third-order valence-corrected chi connectivity index (χ3v) is 3.81. The summed E-state index contributed by atoms with van der Waals surface area (Å²) in [5, 5.41) is 19.0. The maximum atomic E-state index is 9.71. The highest BCUT2D eigenvalue weighted by molar-refractivity contribution is 4.90. The highest BCUT2D eigenvalue weighted by atomic mass is 16.6. The second-order valence-corrected chi connectivity index (χ2v) is 5.67. The molecule has 1 aliphatic rings. The van der Waals surface area contributed by atoms with Crippen molar-refractivity contribution in [3.8, 4) is 0 Å². The van der Waals surface area contributed by atoms with Crippen molar-refractivity contribution in [2.75, 3.05) is 0 Å². The monoisotopic (exact) mass is 230 g/mol. The van der Waals surface area contributed by atoms with Crippen LogP contribution in [0.4, 0.5) is 0 Å². The van der Waals surface area contributed by atoms with Gasteiger partial charge in [-0.05, 0) is 31.6 Å². The zero-order valence-corrected chi connectivity index (χ0v) is 10.9. The Bertz CT molecular complexity index is 215. The Morgan fingerprint density at radius 3 is 2.31 bits per heavy atom. The molecule has 0 aliphatic heterocycles. The SMILES string of the molecule is CC1CCCC(OC(O)C(C)O)(C(C)C)C1. The molecule has 1 rings (SSSR count). The smallest absolute Gasteiger partial charge is 0.181 e. The van der Waals surface area contributed by atoms with Crippen molar-refractivity contribution in [3.63, 3.8) is 0 Å². The number of hydrogen-bond acceptors (Lipinski definition) is 3. The second-order valence-electron chi connectivity index (χ2n) is 5.67. The minimum atomic E-state index is -1.06. The van der Waals surface area contributed by atoms with Crippen LogP contribution in [0.1, 0.15) is 53.4 Å². The number of aliphatic hydroxyl groups excluding tert-OH is 2. The zero-order valence-electron chi connectivity index (χ0n) is 10.9. The third-order valence-electron chi connectivity index (χ3n) is 3.81. The molecule has 1 aliphatic carbocycles. The van der Waals surface area contributed by atoms with Gasteiger partial charge in [-0.25, -0.2) is 0 Å². The molecule has 0 aromatic rings. The molecule has 0 radical (unpaired) electrons. The van der Waals surface area contributed by atoms with E-state index in [1.54, 1.807) is 6.92 Å². The van der Waals surface area contributed by atoms with E-state index >= 15 is 0 Å². The summed E-state index contributed by atoms with van der Waals surface area (Å²) >= 11 is 0. The van der Waals surface area contributed by atoms with E-state index in [1.807, 2.05) is 0 Å². The van der Waals surface area contributed by atoms with Crippen molar-refractivity contribution in [3.05, 3.63) is 0 Å². The van der Waals surface area contributed by atoms with Crippen molar-refractivity contribution in [2.45, 2.75) is 71.4 Å². The Kier molecular flexibility index (Phi) is 4.77. The van der Waals surface area contributed by atoms with Crippen LogP contribution in [0.25, 0.3) is 0 Å². The van der Waals surface area contributed by atoms with Gasteiger partial charge >= 0.3 is 0 Å². The molecule has 0 aromatic heterocycles. The first-order valence-electron chi connectivity index (χ1n) is 6.41. The molecule has 3 heteroatoms. The molecule has 0 amide bonds. The maximum Gasteiger partial charge on any atom is 0.181 e. The van der Waals surface area contributed by atoms with Gasteiger partial charge < -0.3 is 14.9 Å². The van der Waals surface area contributed by atoms with Crippen LogP contribution in [0.2, 0.25) is 0 Å². The first-order valence-corrected chi connectivity index (χ1v) is 6.41. The number of hydrogen-bond donors (Lipinski definition) is 2. The Morgan fingerprint density at radius 1 is 1.25 bits per heavy atom. The van der Waals surface area contributed by atoms with Crippen LogP contribution in [0.3, 0.4) is 0 Å². The van der Waals surface area contributed by atoms with Gasteiger partial charge in [-0.15, -0.1) is 0 Å². The molecule has 0 heterocycles. The molecule has 1 saturated carbocycles. The summed E-state index contributed by atoms with van der Waals surface area (Å²) in [6, 6.07) is 0. The lowest BCUT2D eigenvalue weighted by atomic mass is 9.73. The highest BCUT2D eigenvalue weighted by Crippen LogP contribution is 2.41. The lowest BCUT2D eigenvalue weighted by molar-refractivity contribution is -0.247. The van der Waals surface area contributed by atoms with E-state index in [0.717, 1.165) is 19.3 Å². The highest BCUT2D eigenvalue weighted by Gasteiger charge is 2.41. The van der Waals surface area contributed by atoms with Crippen molar-refractivity contribution >= 4 is 0 Å². The molecule has 4 atom stereocenters. The molecular weight excluding hydrogens is 204 g/mol. The second kappa shape index (κ2) is 5.48. The maximum absolute atomic E-state index is 9.71. The van der Waals surface area contributed by atoms with Crippen molar-refractivity contribution in [1.29, 1.82) is 0 Å². The zero-order chi connectivity index (χ0) is 12.3. The molecule has 4 unspecified atom stereocenters. The summed E-state index contributed by atoms with van der Waals surface area (Å²) in [5.41, 5.74) is -0.256. The number of ether oxygens (including phenoxy) is 1. The molecule has 0 saturated heterocycles. The fraction of sp³-hybridized carbons (Fsp3) is 1.00. The van der Waals surface area contributed by atoms with Crippen molar-refractivity contribution in [1.82, 2.24) is 0 Å². The van der Waals surface area contributed by atoms with Crippen LogP contribution in [-0.4, -0.2) is 28.2 Å². The summed E-state index contributed by atoms with van der Waals surface area (Å²) in [6.07, 6.45) is 2.46. The van der Waals surface area contributed by atoms with Crippen LogP contribution in [-0.2, 0) is 4.74 Å². The van der Waals surface area contributed by atoms with Gasteiger partial charge in [0.1, 0.15) is 6.10 Å². The molecule has 16 heavy (non-hydrogen) atoms. The molecule has 0 spiro atoms. The first-order chi connectivity index (χ1) is 7.37. The van der Waals surface area contributed by atoms with Crippen LogP contribution in [0, 0.1) is 11.8 Å². The molecule has 0 bridgehead atoms. The minimum absolute atomic E-state index is 0.256. The average molecular weight is 230 g/mol. The van der Waals surface area contributed by atoms with Gasteiger partial charge in [0.2, 0.25) is 0 Å². The van der Waals surface area contributed by atoms with Gasteiger partial charge in [0, 0.05) is 0 Å². The predicted octanol–water partition coefficient (Wildman–Crippen LogP) is 2.31. The van der Waals surface area contributed by atoms with E-state index < -0.39 is 12.4 Å². The van der Waals surface area contributed by atoms with Crippen LogP contribution in [0.5, 0.6) is 0 Å². The van der Waals surface area contributed by atoms with E-state index in [1.165, 1.54) is 6.42 Å². The van der Waals surface area contributed by atoms with Gasteiger partial charge in [0.15, 0.2) is 6.29 Å². The van der Waals surface area contributed by atoms with Crippen LogP contribution >= 0.6 is 0 Å². The van der Waals surface area contributed by atoms with Gasteiger partial charge in [0.05, 0.1) is 5.60 Å². The van der Waals surface area contributed by atoms with E-state index in [0.29, 0.717) is 11.8 Å². The largest absolute Gasteiger partial charge is 0.388 e. The number of aliphatic hydroxyl groups is 2. The Hall–Kier alpha value is -0.120. The van der Waals surface area contributed by atoms with Gasteiger partial charge in [-0.3, -0.25) is 0 Å². The fourth-order valence-corrected chi connectivity index (χ4v) is 2.65. The molecule has 1 fully saturated rings. The van der Waals surface area contributed by atoms with Crippen molar-refractivity contribution < 1.29 is 14.9 Å². The molecular formula is C13H26O3. The molecule has 96 valence electrons. The van der Waals surface area contributed by atoms with E-state index in [-0.39, 0.29) is 5.60 Å². The summed E-state index contributed by atoms with van der Waals surface area (Å²) in [6.45, 7) is 8.05. The summed E-state index contributed by atoms with van der Waals surface area (Å²) in [7, 11) is 0. The van der Waals surface area contributed by atoms with Crippen LogP contribution in [0.15, 0.2) is 0 Å². The lowest BCUT2D eigenvalue weighted by Crippen LogP contribution is -2.47. The Morgan fingerprint density at radius 2 is 1.88 bits per heavy atom. The molecule has 0 aromatic carbocycles. The number of rotatable bonds is 4. The summed E-state index contributed by atoms with van der Waals surface area (Å²) in [5.74, 6) is 1.00. The normalized spacial score (nSPS) is 35.1. The van der Waals surface area contributed by atoms with Gasteiger partial charge in [-0.2, -0.15) is 0 Å². The van der Waals surface area contributed by atoms with E-state index in [4.69, 9.17) is 4.74 Å². The van der Waals surface area contributed by atoms with Gasteiger partial charge in [-0.1, -0.05) is 33.6 Å². The Balaban J connectivity index is 2.72. The average Bonchev–Trinajstić information content (AvgIpc) is 2.17. The first kappa shape index (κ1) is 13.9. The third kappa shape index (κ3) is 3.19. The van der Waals surface area contributed by atoms with E-state index in [2.05, 4.69) is 20.8 Å². The Labute approximate surface area is 98.8 Å². The summed E-state index contributed by atoms with van der Waals surface area (Å²) < 4.78 is 5.78. The van der Waals surface area contributed by atoms with Gasteiger partial charge in [0.25, 0.3) is 0 Å². The van der Waals surface area contributed by atoms with Crippen molar-refractivity contribution in [2.24, 2.45) is 11.8 Å². The van der Waals surface area contributed by atoms with E-state index in [9.17, 15) is 10.2 Å². The summed E-state index contributed by atoms with van der Waals surface area (Å²) in [4.78, 5) is 0. The molecule has 2 N–H and O–H groups in total. The fourth-order valence-electron chi connectivity index (χ4n) is 2.65. The molecule has 3 nitrogen and oxygen atoms in total. The van der Waals surface area contributed by atoms with Crippen LogP contribution < -0.4 is 0 Å². The minimum Gasteiger partial charge on any atom is -0.388 e. The predicted molar refractivity (Wildman–Crippen MR) is 64.0 cm³/mol.